The lowest BCUT2D eigenvalue weighted by Gasteiger charge is -2.08. The molecular formula is C14H11N5O. The van der Waals surface area contributed by atoms with Crippen molar-refractivity contribution in [1.29, 1.82) is 0 Å². The van der Waals surface area contributed by atoms with E-state index < -0.39 is 6.03 Å². The lowest BCUT2D eigenvalue weighted by atomic mass is 10.1. The summed E-state index contributed by atoms with van der Waals surface area (Å²) in [4.78, 5) is 23.9. The second-order valence-corrected chi connectivity index (χ2v) is 4.05. The summed E-state index contributed by atoms with van der Waals surface area (Å²) >= 11 is 0. The van der Waals surface area contributed by atoms with Crippen LogP contribution in [0, 0.1) is 0 Å². The first kappa shape index (κ1) is 12.0. The maximum absolute atomic E-state index is 11.9. The number of rotatable bonds is 2. The van der Waals surface area contributed by atoms with Gasteiger partial charge in [0.05, 0.1) is 6.20 Å². The Bertz CT molecular complexity index is 739. The maximum atomic E-state index is 11.9. The molecule has 0 saturated carbocycles. The smallest absolute Gasteiger partial charge is 0.292 e. The molecule has 0 radical (unpaired) electrons. The highest BCUT2D eigenvalue weighted by Crippen LogP contribution is 2.20. The molecule has 2 heterocycles. The number of hydrogen-bond acceptors (Lipinski definition) is 4. The molecule has 0 aliphatic rings. The lowest BCUT2D eigenvalue weighted by molar-refractivity contribution is 0.262. The van der Waals surface area contributed by atoms with E-state index in [2.05, 4.69) is 25.6 Å². The predicted molar refractivity (Wildman–Crippen MR) is 76.4 cm³/mol. The Balaban J connectivity index is 1.81. The van der Waals surface area contributed by atoms with E-state index in [4.69, 9.17) is 0 Å². The molecule has 1 aromatic carbocycles. The fourth-order valence-corrected chi connectivity index (χ4v) is 1.84. The van der Waals surface area contributed by atoms with Gasteiger partial charge in [-0.2, -0.15) is 0 Å². The Morgan fingerprint density at radius 2 is 1.85 bits per heavy atom. The number of benzene rings is 1. The summed E-state index contributed by atoms with van der Waals surface area (Å²) in [6.45, 7) is 0. The van der Waals surface area contributed by atoms with Crippen molar-refractivity contribution in [3.8, 4) is 0 Å². The molecule has 0 atom stereocenters. The zero-order valence-corrected chi connectivity index (χ0v) is 10.4. The van der Waals surface area contributed by atoms with Gasteiger partial charge < -0.3 is 0 Å². The number of nitrogens with zero attached hydrogens (tertiary/aromatic N) is 3. The quantitative estimate of drug-likeness (QED) is 0.746. The molecule has 0 aliphatic heterocycles. The third kappa shape index (κ3) is 2.54. The SMILES string of the molecule is O=C(Nc1cnccn1)Nc1nccc2ccccc12. The van der Waals surface area contributed by atoms with E-state index >= 15 is 0 Å². The number of nitrogens with one attached hydrogen (secondary N) is 2. The Labute approximate surface area is 114 Å². The summed E-state index contributed by atoms with van der Waals surface area (Å²) in [7, 11) is 0. The number of pyridine rings is 1. The van der Waals surface area contributed by atoms with E-state index in [1.807, 2.05) is 30.3 Å². The van der Waals surface area contributed by atoms with Gasteiger partial charge in [-0.05, 0) is 11.5 Å². The highest BCUT2D eigenvalue weighted by molar-refractivity contribution is 6.04. The maximum Gasteiger partial charge on any atom is 0.326 e. The molecule has 0 saturated heterocycles. The highest BCUT2D eigenvalue weighted by atomic mass is 16.2. The normalized spacial score (nSPS) is 10.2. The molecule has 0 fully saturated rings. The summed E-state index contributed by atoms with van der Waals surface area (Å²) in [5, 5.41) is 7.19. The Hall–Kier alpha value is -3.02. The molecule has 3 aromatic rings. The van der Waals surface area contributed by atoms with Crippen LogP contribution in [0.15, 0.2) is 55.1 Å². The summed E-state index contributed by atoms with van der Waals surface area (Å²) in [5.41, 5.74) is 0. The first-order valence-corrected chi connectivity index (χ1v) is 6.01. The minimum atomic E-state index is -0.408. The third-order valence-electron chi connectivity index (χ3n) is 2.71. The Morgan fingerprint density at radius 1 is 0.950 bits per heavy atom. The monoisotopic (exact) mass is 265 g/mol. The lowest BCUT2D eigenvalue weighted by Crippen LogP contribution is -2.20. The van der Waals surface area contributed by atoms with Crippen LogP contribution in [0.4, 0.5) is 16.4 Å². The standard InChI is InChI=1S/C14H11N5O/c20-14(18-12-9-15-7-8-16-12)19-13-11-4-2-1-3-10(11)5-6-17-13/h1-9H,(H2,16,17,18,19,20). The van der Waals surface area contributed by atoms with Gasteiger partial charge in [-0.25, -0.2) is 14.8 Å². The molecule has 98 valence electrons. The molecule has 3 rings (SSSR count). The molecule has 6 nitrogen and oxygen atoms in total. The molecule has 0 spiro atoms. The molecule has 0 bridgehead atoms. The van der Waals surface area contributed by atoms with Crippen molar-refractivity contribution in [3.63, 3.8) is 0 Å². The van der Waals surface area contributed by atoms with Crippen LogP contribution in [0.25, 0.3) is 10.8 Å². The van der Waals surface area contributed by atoms with Crippen molar-refractivity contribution in [3.05, 3.63) is 55.1 Å². The van der Waals surface area contributed by atoms with Crippen molar-refractivity contribution in [2.24, 2.45) is 0 Å². The molecule has 0 unspecified atom stereocenters. The minimum absolute atomic E-state index is 0.380. The summed E-state index contributed by atoms with van der Waals surface area (Å²) < 4.78 is 0. The van der Waals surface area contributed by atoms with Crippen LogP contribution >= 0.6 is 0 Å². The third-order valence-corrected chi connectivity index (χ3v) is 2.71. The molecule has 2 aromatic heterocycles. The Morgan fingerprint density at radius 3 is 2.70 bits per heavy atom. The second-order valence-electron chi connectivity index (χ2n) is 4.05. The van der Waals surface area contributed by atoms with Crippen molar-refractivity contribution < 1.29 is 4.79 Å². The zero-order chi connectivity index (χ0) is 13.8. The van der Waals surface area contributed by atoms with Gasteiger partial charge in [-0.15, -0.1) is 0 Å². The Kier molecular flexibility index (Phi) is 3.20. The first-order valence-electron chi connectivity index (χ1n) is 6.01. The summed E-state index contributed by atoms with van der Waals surface area (Å²) in [6.07, 6.45) is 6.16. The van der Waals surface area contributed by atoms with E-state index in [0.717, 1.165) is 10.8 Å². The topological polar surface area (TPSA) is 79.8 Å². The molecule has 20 heavy (non-hydrogen) atoms. The minimum Gasteiger partial charge on any atom is -0.292 e. The second kappa shape index (κ2) is 5.31. The van der Waals surface area contributed by atoms with Crippen LogP contribution in [0.2, 0.25) is 0 Å². The molecule has 0 aliphatic carbocycles. The van der Waals surface area contributed by atoms with Crippen LogP contribution in [0.1, 0.15) is 0 Å². The highest BCUT2D eigenvalue weighted by Gasteiger charge is 2.07. The van der Waals surface area contributed by atoms with Crippen molar-refractivity contribution in [1.82, 2.24) is 15.0 Å². The van der Waals surface area contributed by atoms with Crippen molar-refractivity contribution in [2.75, 3.05) is 10.6 Å². The zero-order valence-electron chi connectivity index (χ0n) is 10.4. The van der Waals surface area contributed by atoms with Gasteiger partial charge in [-0.3, -0.25) is 15.6 Å². The van der Waals surface area contributed by atoms with Gasteiger partial charge in [-0.1, -0.05) is 24.3 Å². The van der Waals surface area contributed by atoms with E-state index in [9.17, 15) is 4.79 Å². The van der Waals surface area contributed by atoms with Crippen LogP contribution in [0.3, 0.4) is 0 Å². The van der Waals surface area contributed by atoms with Gasteiger partial charge in [0.1, 0.15) is 5.82 Å². The summed E-state index contributed by atoms with van der Waals surface area (Å²) in [6, 6.07) is 9.18. The number of fused-ring (bicyclic) bond motifs is 1. The molecule has 2 amide bonds. The van der Waals surface area contributed by atoms with Gasteiger partial charge >= 0.3 is 6.03 Å². The number of urea groups is 1. The van der Waals surface area contributed by atoms with Gasteiger partial charge in [0.15, 0.2) is 5.82 Å². The molecule has 6 heteroatoms. The number of amides is 2. The van der Waals surface area contributed by atoms with E-state index in [1.165, 1.54) is 18.6 Å². The fraction of sp³-hybridized carbons (Fsp3) is 0. The summed E-state index contributed by atoms with van der Waals surface area (Å²) in [5.74, 6) is 0.884. The van der Waals surface area contributed by atoms with Gasteiger partial charge in [0.2, 0.25) is 0 Å². The van der Waals surface area contributed by atoms with Crippen LogP contribution in [0.5, 0.6) is 0 Å². The number of anilines is 2. The van der Waals surface area contributed by atoms with Crippen molar-refractivity contribution in [2.45, 2.75) is 0 Å². The number of carbonyl (C=O) groups is 1. The van der Waals surface area contributed by atoms with Gasteiger partial charge in [0, 0.05) is 24.0 Å². The first-order chi connectivity index (χ1) is 9.83. The largest absolute Gasteiger partial charge is 0.326 e. The van der Waals surface area contributed by atoms with Gasteiger partial charge in [0.25, 0.3) is 0 Å². The van der Waals surface area contributed by atoms with Crippen LogP contribution < -0.4 is 10.6 Å². The fourth-order valence-electron chi connectivity index (χ4n) is 1.84. The average molecular weight is 265 g/mol. The van der Waals surface area contributed by atoms with Crippen molar-refractivity contribution >= 4 is 28.4 Å². The predicted octanol–water partition coefficient (Wildman–Crippen LogP) is 2.67. The molecule has 2 N–H and O–H groups in total. The number of hydrogen-bond donors (Lipinski definition) is 2. The van der Waals surface area contributed by atoms with E-state index in [1.54, 1.807) is 6.20 Å². The number of aromatic nitrogens is 3. The van der Waals surface area contributed by atoms with E-state index in [0.29, 0.717) is 11.6 Å². The van der Waals surface area contributed by atoms with Crippen LogP contribution in [-0.2, 0) is 0 Å². The van der Waals surface area contributed by atoms with E-state index in [-0.39, 0.29) is 0 Å². The number of carbonyl (C=O) groups excluding carboxylic acids is 1. The average Bonchev–Trinajstić information content (AvgIpc) is 2.48. The molecular weight excluding hydrogens is 254 g/mol. The van der Waals surface area contributed by atoms with Crippen LogP contribution in [-0.4, -0.2) is 21.0 Å².